The summed E-state index contributed by atoms with van der Waals surface area (Å²) in [5, 5.41) is 0. The van der Waals surface area contributed by atoms with Crippen LogP contribution in [0.5, 0.6) is 0 Å². The van der Waals surface area contributed by atoms with Crippen LogP contribution in [-0.4, -0.2) is 19.9 Å². The summed E-state index contributed by atoms with van der Waals surface area (Å²) < 4.78 is 20.5. The van der Waals surface area contributed by atoms with Gasteiger partial charge in [0.25, 0.3) is 0 Å². The third-order valence-corrected chi connectivity index (χ3v) is 2.20. The molecule has 0 unspecified atom stereocenters. The molecule has 0 fully saturated rings. The average Bonchev–Trinajstić information content (AvgIpc) is 1.63. The van der Waals surface area contributed by atoms with Crippen molar-refractivity contribution in [1.82, 2.24) is 0 Å². The highest BCUT2D eigenvalue weighted by Gasteiger charge is 2.15. The zero-order valence-electron chi connectivity index (χ0n) is 6.25. The molecule has 0 heterocycles. The predicted octanol–water partition coefficient (Wildman–Crippen LogP) is 1.88. The fraction of sp³-hybridized carbons (Fsp3) is 1.00. The number of hydrogen-bond acceptors (Lipinski definition) is 3. The van der Waals surface area contributed by atoms with E-state index >= 15 is 0 Å². The van der Waals surface area contributed by atoms with Crippen LogP contribution in [0.4, 0.5) is 0 Å². The lowest BCUT2D eigenvalue weighted by Gasteiger charge is -2.13. The van der Waals surface area contributed by atoms with E-state index in [1.807, 2.05) is 13.8 Å². The molecule has 9 heavy (non-hydrogen) atoms. The summed E-state index contributed by atoms with van der Waals surface area (Å²) in [6.45, 7) is 5.08. The lowest BCUT2D eigenvalue weighted by Crippen LogP contribution is -2.00. The largest absolute Gasteiger partial charge is 0.327 e. The molecule has 0 N–H and O–H groups in total. The van der Waals surface area contributed by atoms with Gasteiger partial charge in [0.2, 0.25) is 0 Å². The van der Waals surface area contributed by atoms with Gasteiger partial charge in [-0.05, 0) is 13.8 Å². The van der Waals surface area contributed by atoms with Gasteiger partial charge in [-0.1, -0.05) is 0 Å². The van der Waals surface area contributed by atoms with E-state index in [1.165, 1.54) is 13.8 Å². The van der Waals surface area contributed by atoms with Gasteiger partial charge >= 0.3 is 7.60 Å². The standard InChI is InChI=1S/C5H13O3P/c1-5(2)8-9(4,6)7-3/h5H,1-4H3/t9-/m0/s1. The third kappa shape index (κ3) is 4.64. The lowest BCUT2D eigenvalue weighted by atomic mass is 10.5. The van der Waals surface area contributed by atoms with Gasteiger partial charge in [-0.15, -0.1) is 0 Å². The summed E-state index contributed by atoms with van der Waals surface area (Å²) in [6.07, 6.45) is -0.0409. The molecule has 0 aliphatic carbocycles. The quantitative estimate of drug-likeness (QED) is 0.579. The normalized spacial score (nSPS) is 17.9. The molecule has 0 aliphatic heterocycles. The van der Waals surface area contributed by atoms with Crippen molar-refractivity contribution < 1.29 is 13.6 Å². The first-order chi connectivity index (χ1) is 3.98. The van der Waals surface area contributed by atoms with Crippen molar-refractivity contribution in [1.29, 1.82) is 0 Å². The van der Waals surface area contributed by atoms with Crippen LogP contribution in [0.25, 0.3) is 0 Å². The second-order valence-electron chi connectivity index (χ2n) is 2.11. The van der Waals surface area contributed by atoms with E-state index < -0.39 is 7.60 Å². The van der Waals surface area contributed by atoms with E-state index in [0.29, 0.717) is 0 Å². The fourth-order valence-electron chi connectivity index (χ4n) is 0.426. The van der Waals surface area contributed by atoms with Crippen LogP contribution in [0.2, 0.25) is 0 Å². The number of hydrogen-bond donors (Lipinski definition) is 0. The Morgan fingerprint density at radius 2 is 1.89 bits per heavy atom. The van der Waals surface area contributed by atoms with Crippen LogP contribution >= 0.6 is 7.60 Å². The maximum atomic E-state index is 10.9. The predicted molar refractivity (Wildman–Crippen MR) is 36.8 cm³/mol. The summed E-state index contributed by atoms with van der Waals surface area (Å²) in [5.41, 5.74) is 0. The highest BCUT2D eigenvalue weighted by molar-refractivity contribution is 7.52. The van der Waals surface area contributed by atoms with E-state index in [2.05, 4.69) is 4.52 Å². The molecule has 0 radical (unpaired) electrons. The molecule has 0 saturated carbocycles. The molecule has 56 valence electrons. The summed E-state index contributed by atoms with van der Waals surface area (Å²) in [4.78, 5) is 0. The molecule has 0 saturated heterocycles. The van der Waals surface area contributed by atoms with Crippen molar-refractivity contribution in [2.75, 3.05) is 13.8 Å². The van der Waals surface area contributed by atoms with Gasteiger partial charge in [-0.25, -0.2) is 0 Å². The van der Waals surface area contributed by atoms with E-state index in [9.17, 15) is 4.57 Å². The van der Waals surface area contributed by atoms with Crippen molar-refractivity contribution in [3.63, 3.8) is 0 Å². The highest BCUT2D eigenvalue weighted by atomic mass is 31.2. The van der Waals surface area contributed by atoms with Gasteiger partial charge in [-0.2, -0.15) is 0 Å². The van der Waals surface area contributed by atoms with Crippen molar-refractivity contribution in [2.45, 2.75) is 20.0 Å². The Kier molecular flexibility index (Phi) is 3.41. The molecule has 1 atom stereocenters. The van der Waals surface area contributed by atoms with E-state index in [-0.39, 0.29) is 6.10 Å². The van der Waals surface area contributed by atoms with Gasteiger partial charge in [-0.3, -0.25) is 4.57 Å². The first-order valence-corrected chi connectivity index (χ1v) is 4.78. The molecule has 0 aromatic carbocycles. The molecule has 3 nitrogen and oxygen atoms in total. The molecular formula is C5H13O3P. The third-order valence-electron chi connectivity index (χ3n) is 0.734. The average molecular weight is 152 g/mol. The molecule has 0 aliphatic rings. The summed E-state index contributed by atoms with van der Waals surface area (Å²) in [7, 11) is -1.35. The fourth-order valence-corrected chi connectivity index (χ4v) is 1.28. The zero-order chi connectivity index (χ0) is 7.49. The van der Waals surface area contributed by atoms with Gasteiger partial charge < -0.3 is 9.05 Å². The van der Waals surface area contributed by atoms with Crippen LogP contribution in [0, 0.1) is 0 Å². The van der Waals surface area contributed by atoms with Crippen molar-refractivity contribution in [2.24, 2.45) is 0 Å². The van der Waals surface area contributed by atoms with Crippen LogP contribution in [-0.2, 0) is 13.6 Å². The molecule has 0 aromatic heterocycles. The van der Waals surface area contributed by atoms with Gasteiger partial charge in [0, 0.05) is 13.8 Å². The monoisotopic (exact) mass is 152 g/mol. The maximum Gasteiger partial charge on any atom is 0.327 e. The van der Waals surface area contributed by atoms with Gasteiger partial charge in [0.15, 0.2) is 0 Å². The summed E-state index contributed by atoms with van der Waals surface area (Å²) in [5.74, 6) is 0. The smallest absolute Gasteiger partial charge is 0.312 e. The Morgan fingerprint density at radius 1 is 1.44 bits per heavy atom. The minimum atomic E-state index is -2.73. The molecular weight excluding hydrogens is 139 g/mol. The highest BCUT2D eigenvalue weighted by Crippen LogP contribution is 2.43. The first-order valence-electron chi connectivity index (χ1n) is 2.79. The van der Waals surface area contributed by atoms with Crippen LogP contribution in [0.15, 0.2) is 0 Å². The van der Waals surface area contributed by atoms with Gasteiger partial charge in [0.1, 0.15) is 0 Å². The van der Waals surface area contributed by atoms with Crippen LogP contribution in [0.3, 0.4) is 0 Å². The minimum Gasteiger partial charge on any atom is -0.312 e. The summed E-state index contributed by atoms with van der Waals surface area (Å²) in [6, 6.07) is 0. The van der Waals surface area contributed by atoms with Gasteiger partial charge in [0.05, 0.1) is 6.10 Å². The molecule has 0 aromatic rings. The zero-order valence-corrected chi connectivity index (χ0v) is 7.14. The Labute approximate surface area is 55.9 Å². The molecule has 0 amide bonds. The van der Waals surface area contributed by atoms with E-state index in [1.54, 1.807) is 0 Å². The minimum absolute atomic E-state index is 0.0409. The Bertz CT molecular complexity index is 121. The summed E-state index contributed by atoms with van der Waals surface area (Å²) >= 11 is 0. The second kappa shape index (κ2) is 3.35. The topological polar surface area (TPSA) is 35.5 Å². The van der Waals surface area contributed by atoms with E-state index in [4.69, 9.17) is 4.52 Å². The molecule has 0 spiro atoms. The van der Waals surface area contributed by atoms with Crippen LogP contribution < -0.4 is 0 Å². The van der Waals surface area contributed by atoms with Crippen molar-refractivity contribution in [3.05, 3.63) is 0 Å². The van der Waals surface area contributed by atoms with Crippen LogP contribution in [0.1, 0.15) is 13.8 Å². The van der Waals surface area contributed by atoms with E-state index in [0.717, 1.165) is 0 Å². The second-order valence-corrected chi connectivity index (χ2v) is 4.23. The molecule has 0 bridgehead atoms. The lowest BCUT2D eigenvalue weighted by molar-refractivity contribution is 0.192. The SMILES string of the molecule is CO[P@](C)(=O)OC(C)C. The Balaban J connectivity index is 3.73. The van der Waals surface area contributed by atoms with Crippen molar-refractivity contribution in [3.8, 4) is 0 Å². The maximum absolute atomic E-state index is 10.9. The molecule has 0 rings (SSSR count). The number of rotatable bonds is 3. The first kappa shape index (κ1) is 9.15. The molecule has 4 heteroatoms. The Hall–Kier alpha value is 0.150. The van der Waals surface area contributed by atoms with Crippen molar-refractivity contribution >= 4 is 7.60 Å². The Morgan fingerprint density at radius 3 is 2.00 bits per heavy atom.